The summed E-state index contributed by atoms with van der Waals surface area (Å²) in [6.07, 6.45) is 2.83. The monoisotopic (exact) mass is 294 g/mol. The second kappa shape index (κ2) is 6.58. The van der Waals surface area contributed by atoms with E-state index in [9.17, 15) is 16.8 Å². The van der Waals surface area contributed by atoms with Gasteiger partial charge in [0.1, 0.15) is 0 Å². The molecule has 17 heavy (non-hydrogen) atoms. The van der Waals surface area contributed by atoms with Crippen LogP contribution in [0.4, 0.5) is 0 Å². The van der Waals surface area contributed by atoms with Gasteiger partial charge < -0.3 is 10.2 Å². The van der Waals surface area contributed by atoms with E-state index in [-0.39, 0.29) is 12.2 Å². The lowest BCUT2D eigenvalue weighted by molar-refractivity contribution is 0.0406. The van der Waals surface area contributed by atoms with Crippen LogP contribution in [-0.4, -0.2) is 48.4 Å². The van der Waals surface area contributed by atoms with E-state index in [1.54, 1.807) is 0 Å². The Bertz CT molecular complexity index is 373. The van der Waals surface area contributed by atoms with Gasteiger partial charge in [0.05, 0.1) is 12.2 Å². The van der Waals surface area contributed by atoms with Crippen molar-refractivity contribution in [1.29, 1.82) is 0 Å². The number of aliphatic hydroxyl groups is 2. The highest BCUT2D eigenvalue weighted by atomic mass is 32.3. The first kappa shape index (κ1) is 16.7. The predicted molar refractivity (Wildman–Crippen MR) is 54.7 cm³/mol. The van der Waals surface area contributed by atoms with Crippen LogP contribution in [0.5, 0.6) is 0 Å². The molecule has 0 aromatic rings. The minimum atomic E-state index is -5.12. The maximum atomic E-state index is 9.44. The summed E-state index contributed by atoms with van der Waals surface area (Å²) in [5, 5.41) is 17.8. The smallest absolute Gasteiger partial charge is 0.393 e. The molecule has 0 amide bonds. The number of rotatable bonds is 2. The molecule has 1 saturated carbocycles. The van der Waals surface area contributed by atoms with E-state index in [1.165, 1.54) is 0 Å². The molecule has 0 aliphatic heterocycles. The summed E-state index contributed by atoms with van der Waals surface area (Å²) >= 11 is 0. The lowest BCUT2D eigenvalue weighted by Gasteiger charge is -2.20. The van der Waals surface area contributed by atoms with Crippen molar-refractivity contribution in [3.63, 3.8) is 0 Å². The van der Waals surface area contributed by atoms with Crippen molar-refractivity contribution in [3.8, 4) is 0 Å². The lowest BCUT2D eigenvalue weighted by Crippen LogP contribution is -2.22. The van der Waals surface area contributed by atoms with Gasteiger partial charge in [0.2, 0.25) is 0 Å². The van der Waals surface area contributed by atoms with Crippen molar-refractivity contribution in [2.24, 2.45) is 0 Å². The first-order valence-electron chi connectivity index (χ1n) is 4.51. The summed E-state index contributed by atoms with van der Waals surface area (Å²) in [6.45, 7) is 0. The van der Waals surface area contributed by atoms with Gasteiger partial charge in [-0.25, -0.2) is 0 Å². The zero-order chi connectivity index (χ0) is 13.7. The van der Waals surface area contributed by atoms with E-state index >= 15 is 0 Å². The molecule has 0 heterocycles. The SMILES string of the molecule is O=S(=O)(O)OS(=O)(=O)O.OC1CCCC(O)C1. The molecule has 2 atom stereocenters. The van der Waals surface area contributed by atoms with Gasteiger partial charge in [-0.3, -0.25) is 9.11 Å². The van der Waals surface area contributed by atoms with Crippen molar-refractivity contribution in [1.82, 2.24) is 0 Å². The Morgan fingerprint density at radius 3 is 1.35 bits per heavy atom. The molecule has 2 unspecified atom stereocenters. The highest BCUT2D eigenvalue weighted by molar-refractivity contribution is 7.94. The van der Waals surface area contributed by atoms with Crippen LogP contribution < -0.4 is 0 Å². The van der Waals surface area contributed by atoms with E-state index in [0.717, 1.165) is 19.3 Å². The maximum absolute atomic E-state index is 9.44. The molecule has 11 heteroatoms. The van der Waals surface area contributed by atoms with Crippen molar-refractivity contribution < 1.29 is 39.8 Å². The van der Waals surface area contributed by atoms with Crippen LogP contribution in [0.3, 0.4) is 0 Å². The third kappa shape index (κ3) is 12.0. The molecule has 0 saturated heterocycles. The van der Waals surface area contributed by atoms with Gasteiger partial charge in [-0.15, -0.1) is 3.63 Å². The van der Waals surface area contributed by atoms with Gasteiger partial charge in [-0.05, 0) is 25.7 Å². The molecule has 0 aromatic carbocycles. The van der Waals surface area contributed by atoms with Crippen molar-refractivity contribution >= 4 is 20.8 Å². The van der Waals surface area contributed by atoms with E-state index in [0.29, 0.717) is 6.42 Å². The first-order valence-corrected chi connectivity index (χ1v) is 7.24. The minimum absolute atomic E-state index is 0.237. The van der Waals surface area contributed by atoms with Crippen LogP contribution >= 0.6 is 0 Å². The van der Waals surface area contributed by atoms with Gasteiger partial charge >= 0.3 is 20.8 Å². The summed E-state index contributed by atoms with van der Waals surface area (Å²) < 4.78 is 55.6. The molecule has 1 fully saturated rings. The zero-order valence-corrected chi connectivity index (χ0v) is 10.3. The fraction of sp³-hybridized carbons (Fsp3) is 1.00. The quantitative estimate of drug-likeness (QED) is 0.463. The molecule has 104 valence electrons. The van der Waals surface area contributed by atoms with Crippen LogP contribution in [0, 0.1) is 0 Å². The average molecular weight is 294 g/mol. The second-order valence-corrected chi connectivity index (χ2v) is 5.65. The van der Waals surface area contributed by atoms with Crippen LogP contribution in [0.1, 0.15) is 25.7 Å². The molecule has 4 N–H and O–H groups in total. The van der Waals surface area contributed by atoms with E-state index in [1.807, 2.05) is 0 Å². The van der Waals surface area contributed by atoms with Crippen LogP contribution in [-0.2, 0) is 24.4 Å². The Morgan fingerprint density at radius 1 is 0.882 bits per heavy atom. The fourth-order valence-corrected chi connectivity index (χ4v) is 2.12. The summed E-state index contributed by atoms with van der Waals surface area (Å²) in [7, 11) is -10.2. The molecular formula is C6H14O9S2. The molecule has 0 bridgehead atoms. The highest BCUT2D eigenvalue weighted by Crippen LogP contribution is 2.17. The minimum Gasteiger partial charge on any atom is -0.393 e. The molecular weight excluding hydrogens is 280 g/mol. The Labute approximate surface area is 98.9 Å². The van der Waals surface area contributed by atoms with E-state index in [4.69, 9.17) is 19.3 Å². The average Bonchev–Trinajstić information content (AvgIpc) is 1.96. The Kier molecular flexibility index (Phi) is 6.47. The summed E-state index contributed by atoms with van der Waals surface area (Å²) in [5.41, 5.74) is 0. The lowest BCUT2D eigenvalue weighted by atomic mass is 9.95. The molecule has 9 nitrogen and oxygen atoms in total. The van der Waals surface area contributed by atoms with Crippen molar-refractivity contribution in [2.45, 2.75) is 37.9 Å². The number of hydrogen-bond acceptors (Lipinski definition) is 7. The third-order valence-corrected chi connectivity index (χ3v) is 3.17. The molecule has 0 radical (unpaired) electrons. The Hall–Kier alpha value is -0.300. The molecule has 1 rings (SSSR count). The summed E-state index contributed by atoms with van der Waals surface area (Å²) in [5.74, 6) is 0. The van der Waals surface area contributed by atoms with Gasteiger partial charge in [-0.1, -0.05) is 0 Å². The van der Waals surface area contributed by atoms with Gasteiger partial charge in [0, 0.05) is 0 Å². The third-order valence-electron chi connectivity index (χ3n) is 1.79. The Balaban J connectivity index is 0.000000302. The van der Waals surface area contributed by atoms with Gasteiger partial charge in [0.25, 0.3) is 0 Å². The predicted octanol–water partition coefficient (Wildman–Crippen LogP) is -1.11. The second-order valence-electron chi connectivity index (χ2n) is 3.40. The molecule has 1 aliphatic rings. The molecule has 0 spiro atoms. The number of hydrogen-bond donors (Lipinski definition) is 4. The largest absolute Gasteiger partial charge is 0.413 e. The normalized spacial score (nSPS) is 25.9. The van der Waals surface area contributed by atoms with Crippen LogP contribution in [0.25, 0.3) is 0 Å². The van der Waals surface area contributed by atoms with E-state index in [2.05, 4.69) is 3.63 Å². The summed E-state index contributed by atoms with van der Waals surface area (Å²) in [4.78, 5) is 0. The van der Waals surface area contributed by atoms with E-state index < -0.39 is 20.8 Å². The van der Waals surface area contributed by atoms with Gasteiger partial charge in [-0.2, -0.15) is 16.8 Å². The fourth-order valence-electron chi connectivity index (χ4n) is 1.25. The van der Waals surface area contributed by atoms with Gasteiger partial charge in [0.15, 0.2) is 0 Å². The van der Waals surface area contributed by atoms with Crippen molar-refractivity contribution in [2.75, 3.05) is 0 Å². The molecule has 0 aromatic heterocycles. The topological polar surface area (TPSA) is 158 Å². The standard InChI is InChI=1S/C6H12O2.H2O7S2/c7-5-2-1-3-6(8)4-5;1-8(2,3)7-9(4,5)6/h5-8H,1-4H2;(H,1,2,3)(H,4,5,6). The molecule has 1 aliphatic carbocycles. The van der Waals surface area contributed by atoms with Crippen LogP contribution in [0.15, 0.2) is 0 Å². The summed E-state index contributed by atoms with van der Waals surface area (Å²) in [6, 6.07) is 0. The first-order chi connectivity index (χ1) is 7.49. The highest BCUT2D eigenvalue weighted by Gasteiger charge is 2.17. The number of aliphatic hydroxyl groups excluding tert-OH is 2. The van der Waals surface area contributed by atoms with Crippen LogP contribution in [0.2, 0.25) is 0 Å². The zero-order valence-electron chi connectivity index (χ0n) is 8.63. The maximum Gasteiger partial charge on any atom is 0.413 e. The Morgan fingerprint density at radius 2 is 1.24 bits per heavy atom. The van der Waals surface area contributed by atoms with Crippen molar-refractivity contribution in [3.05, 3.63) is 0 Å².